The van der Waals surface area contributed by atoms with Crippen molar-refractivity contribution in [3.63, 3.8) is 0 Å². The van der Waals surface area contributed by atoms with Gasteiger partial charge < -0.3 is 23.5 Å². The molecule has 0 unspecified atom stereocenters. The molecule has 0 radical (unpaired) electrons. The highest BCUT2D eigenvalue weighted by Crippen LogP contribution is 2.34. The summed E-state index contributed by atoms with van der Waals surface area (Å²) in [7, 11) is 6.72. The number of methoxy groups -OCH3 is 4. The maximum atomic E-state index is 8.98. The van der Waals surface area contributed by atoms with Gasteiger partial charge in [-0.05, 0) is 73.9 Å². The van der Waals surface area contributed by atoms with E-state index in [0.717, 1.165) is 113 Å². The van der Waals surface area contributed by atoms with Gasteiger partial charge in [-0.25, -0.2) is 4.98 Å². The minimum absolute atomic E-state index is 0.583. The van der Waals surface area contributed by atoms with Crippen LogP contribution in [0.3, 0.4) is 0 Å². The number of hydrogen-bond acceptors (Lipinski definition) is 7. The number of aromatic nitrogens is 3. The topological polar surface area (TPSA) is 91.4 Å². The lowest BCUT2D eigenvalue weighted by Gasteiger charge is -2.15. The number of imidazole rings is 1. The van der Waals surface area contributed by atoms with E-state index in [0.29, 0.717) is 19.4 Å². The molecule has 0 aliphatic heterocycles. The van der Waals surface area contributed by atoms with E-state index in [1.807, 2.05) is 24.3 Å². The molecular formula is C38H44N4O4. The van der Waals surface area contributed by atoms with E-state index in [2.05, 4.69) is 47.9 Å². The first-order chi connectivity index (χ1) is 22.5. The van der Waals surface area contributed by atoms with Crippen LogP contribution in [0.4, 0.5) is 0 Å². The van der Waals surface area contributed by atoms with Gasteiger partial charge in [0.05, 0.1) is 57.8 Å². The highest BCUT2D eigenvalue weighted by atomic mass is 16.5. The number of nitrogens with zero attached hydrogens (tertiary/aromatic N) is 4. The van der Waals surface area contributed by atoms with Gasteiger partial charge in [-0.3, -0.25) is 4.98 Å². The molecule has 0 aliphatic carbocycles. The van der Waals surface area contributed by atoms with Gasteiger partial charge in [-0.15, -0.1) is 0 Å². The van der Waals surface area contributed by atoms with Crippen molar-refractivity contribution >= 4 is 21.9 Å². The number of unbranched alkanes of at least 4 members (excludes halogenated alkanes) is 3. The lowest BCUT2D eigenvalue weighted by Crippen LogP contribution is -2.07. The number of pyridine rings is 1. The average molecular weight is 621 g/mol. The van der Waals surface area contributed by atoms with Crippen molar-refractivity contribution in [2.24, 2.45) is 0 Å². The number of nitriles is 1. The molecule has 8 nitrogen and oxygen atoms in total. The van der Waals surface area contributed by atoms with Crippen LogP contribution in [-0.4, -0.2) is 43.0 Å². The second-order valence-corrected chi connectivity index (χ2v) is 11.5. The maximum Gasteiger partial charge on any atom is 0.127 e. The van der Waals surface area contributed by atoms with Crippen LogP contribution < -0.4 is 18.9 Å². The number of fused-ring (bicyclic) bond motifs is 3. The van der Waals surface area contributed by atoms with Gasteiger partial charge in [-0.1, -0.05) is 31.5 Å². The van der Waals surface area contributed by atoms with Crippen molar-refractivity contribution < 1.29 is 18.9 Å². The Kier molecular flexibility index (Phi) is 11.0. The number of aryl methyl sites for hydroxylation is 4. The van der Waals surface area contributed by atoms with E-state index in [1.54, 1.807) is 28.4 Å². The van der Waals surface area contributed by atoms with Crippen molar-refractivity contribution in [2.45, 2.75) is 71.3 Å². The van der Waals surface area contributed by atoms with E-state index in [1.165, 1.54) is 5.56 Å². The van der Waals surface area contributed by atoms with Crippen LogP contribution >= 0.6 is 0 Å². The quantitative estimate of drug-likeness (QED) is 0.103. The number of ether oxygens (including phenoxy) is 4. The van der Waals surface area contributed by atoms with Crippen LogP contribution in [0.2, 0.25) is 0 Å². The predicted octanol–water partition coefficient (Wildman–Crippen LogP) is 8.03. The molecule has 0 saturated carbocycles. The average Bonchev–Trinajstić information content (AvgIpc) is 3.46. The highest BCUT2D eigenvalue weighted by Gasteiger charge is 2.21. The third-order valence-electron chi connectivity index (χ3n) is 8.60. The summed E-state index contributed by atoms with van der Waals surface area (Å²) >= 11 is 0. The first kappa shape index (κ1) is 32.6. The Labute approximate surface area is 271 Å². The molecule has 5 aromatic rings. The van der Waals surface area contributed by atoms with Crippen molar-refractivity contribution in [3.05, 3.63) is 82.8 Å². The lowest BCUT2D eigenvalue weighted by molar-refractivity contribution is 0.390. The molecule has 2 aromatic heterocycles. The minimum atomic E-state index is 0.583. The van der Waals surface area contributed by atoms with E-state index in [-0.39, 0.29) is 0 Å². The summed E-state index contributed by atoms with van der Waals surface area (Å²) in [6, 6.07) is 20.8. The van der Waals surface area contributed by atoms with E-state index in [9.17, 15) is 0 Å². The molecule has 0 spiro atoms. The van der Waals surface area contributed by atoms with Crippen LogP contribution in [-0.2, 0) is 32.2 Å². The van der Waals surface area contributed by atoms with Crippen LogP contribution in [0.25, 0.3) is 21.9 Å². The molecule has 0 atom stereocenters. The predicted molar refractivity (Wildman–Crippen MR) is 182 cm³/mol. The van der Waals surface area contributed by atoms with Gasteiger partial charge in [0.15, 0.2) is 0 Å². The SMILES string of the molecule is CCCCc1nc2c(CCc3ccc(OC)cc3OC)nc3cc(CCCCC#N)ccc3c2n1Cc1ccc(OC)cc1OC. The first-order valence-corrected chi connectivity index (χ1v) is 16.1. The zero-order chi connectivity index (χ0) is 32.5. The first-order valence-electron chi connectivity index (χ1n) is 16.1. The zero-order valence-electron chi connectivity index (χ0n) is 27.7. The Bertz CT molecular complexity index is 1840. The molecule has 0 N–H and O–H groups in total. The number of rotatable bonds is 16. The fourth-order valence-electron chi connectivity index (χ4n) is 6.07. The Balaban J connectivity index is 1.65. The van der Waals surface area contributed by atoms with Crippen molar-refractivity contribution in [3.8, 4) is 29.1 Å². The summed E-state index contributed by atoms with van der Waals surface area (Å²) in [5.41, 5.74) is 7.37. The van der Waals surface area contributed by atoms with Gasteiger partial charge >= 0.3 is 0 Å². The summed E-state index contributed by atoms with van der Waals surface area (Å²) in [6.07, 6.45) is 7.81. The van der Waals surface area contributed by atoms with E-state index >= 15 is 0 Å². The molecule has 0 amide bonds. The fraction of sp³-hybridized carbons (Fsp3) is 0.395. The molecular weight excluding hydrogens is 576 g/mol. The van der Waals surface area contributed by atoms with Crippen molar-refractivity contribution in [2.75, 3.05) is 28.4 Å². The van der Waals surface area contributed by atoms with Gasteiger partial charge in [0.2, 0.25) is 0 Å². The summed E-state index contributed by atoms with van der Waals surface area (Å²) in [6.45, 7) is 2.83. The second kappa shape index (κ2) is 15.5. The summed E-state index contributed by atoms with van der Waals surface area (Å²) in [5, 5.41) is 10.1. The molecule has 0 saturated heterocycles. The smallest absolute Gasteiger partial charge is 0.127 e. The fourth-order valence-corrected chi connectivity index (χ4v) is 6.07. The molecule has 5 rings (SSSR count). The molecule has 2 heterocycles. The lowest BCUT2D eigenvalue weighted by atomic mass is 10.0. The van der Waals surface area contributed by atoms with Crippen molar-refractivity contribution in [1.82, 2.24) is 14.5 Å². The summed E-state index contributed by atoms with van der Waals surface area (Å²) in [4.78, 5) is 10.6. The minimum Gasteiger partial charge on any atom is -0.497 e. The van der Waals surface area contributed by atoms with Gasteiger partial charge in [0.25, 0.3) is 0 Å². The molecule has 8 heteroatoms. The van der Waals surface area contributed by atoms with Crippen LogP contribution in [0.1, 0.15) is 67.2 Å². The largest absolute Gasteiger partial charge is 0.497 e. The summed E-state index contributed by atoms with van der Waals surface area (Å²) in [5.74, 6) is 4.16. The number of benzene rings is 3. The standard InChI is InChI=1S/C38H44N4O4/c1-6-7-12-36-41-37-32(20-16-27-14-17-29(43-2)23-34(27)45-4)40-33-22-26(11-9-8-10-21-39)13-19-31(33)38(37)42(36)25-28-15-18-30(44-3)24-35(28)46-5/h13-15,17-19,22-24H,6-12,16,20,25H2,1-5H3. The Morgan fingerprint density at radius 1 is 0.717 bits per heavy atom. The van der Waals surface area contributed by atoms with Crippen LogP contribution in [0.15, 0.2) is 54.6 Å². The molecule has 46 heavy (non-hydrogen) atoms. The van der Waals surface area contributed by atoms with Gasteiger partial charge in [-0.2, -0.15) is 5.26 Å². The monoisotopic (exact) mass is 620 g/mol. The van der Waals surface area contributed by atoms with E-state index in [4.69, 9.17) is 34.2 Å². The maximum absolute atomic E-state index is 8.98. The molecule has 3 aromatic carbocycles. The van der Waals surface area contributed by atoms with Gasteiger partial charge in [0, 0.05) is 35.9 Å². The van der Waals surface area contributed by atoms with E-state index < -0.39 is 0 Å². The van der Waals surface area contributed by atoms with Crippen molar-refractivity contribution in [1.29, 1.82) is 5.26 Å². The third kappa shape index (κ3) is 7.20. The second-order valence-electron chi connectivity index (χ2n) is 11.5. The van der Waals surface area contributed by atoms with Gasteiger partial charge in [0.1, 0.15) is 34.3 Å². The van der Waals surface area contributed by atoms with Crippen LogP contribution in [0.5, 0.6) is 23.0 Å². The normalized spacial score (nSPS) is 11.1. The molecule has 0 aliphatic rings. The van der Waals surface area contributed by atoms with Crippen LogP contribution in [0, 0.1) is 11.3 Å². The molecule has 0 bridgehead atoms. The Morgan fingerprint density at radius 2 is 1.43 bits per heavy atom. The zero-order valence-corrected chi connectivity index (χ0v) is 27.7. The third-order valence-corrected chi connectivity index (χ3v) is 8.60. The Morgan fingerprint density at radius 3 is 2.11 bits per heavy atom. The highest BCUT2D eigenvalue weighted by molar-refractivity contribution is 6.04. The number of hydrogen-bond donors (Lipinski definition) is 0. The molecule has 240 valence electrons. The molecule has 0 fully saturated rings. The summed E-state index contributed by atoms with van der Waals surface area (Å²) < 4.78 is 24.8. The Hall–Kier alpha value is -4.77.